The van der Waals surface area contributed by atoms with Gasteiger partial charge in [-0.15, -0.1) is 5.10 Å². The van der Waals surface area contributed by atoms with Crippen molar-refractivity contribution in [3.8, 4) is 0 Å². The first-order valence-electron chi connectivity index (χ1n) is 7.75. The fraction of sp³-hybridized carbons (Fsp3) is 0.438. The van der Waals surface area contributed by atoms with Gasteiger partial charge in [-0.3, -0.25) is 0 Å². The minimum atomic E-state index is -0.0256. The number of aromatic nitrogens is 4. The van der Waals surface area contributed by atoms with Gasteiger partial charge in [0.15, 0.2) is 0 Å². The molecular formula is C16H19N5O. The van der Waals surface area contributed by atoms with E-state index >= 15 is 0 Å². The van der Waals surface area contributed by atoms with Crippen molar-refractivity contribution in [2.45, 2.75) is 45.1 Å². The van der Waals surface area contributed by atoms with E-state index in [4.69, 9.17) is 4.42 Å². The third kappa shape index (κ3) is 2.34. The predicted molar refractivity (Wildman–Crippen MR) is 83.8 cm³/mol. The van der Waals surface area contributed by atoms with Crippen molar-refractivity contribution in [2.24, 2.45) is 0 Å². The average molecular weight is 297 g/mol. The lowest BCUT2D eigenvalue weighted by atomic mass is 9.85. The summed E-state index contributed by atoms with van der Waals surface area (Å²) < 4.78 is 5.70. The lowest BCUT2D eigenvalue weighted by Gasteiger charge is -2.20. The van der Waals surface area contributed by atoms with E-state index in [1.54, 1.807) is 0 Å². The second-order valence-corrected chi connectivity index (χ2v) is 6.08. The number of anilines is 1. The Morgan fingerprint density at radius 2 is 2.18 bits per heavy atom. The number of aromatic amines is 1. The maximum atomic E-state index is 5.70. The smallest absolute Gasteiger partial charge is 0.316 e. The Balaban J connectivity index is 1.52. The molecule has 1 aliphatic carbocycles. The maximum absolute atomic E-state index is 5.70. The van der Waals surface area contributed by atoms with Crippen LogP contribution >= 0.6 is 0 Å². The van der Waals surface area contributed by atoms with Gasteiger partial charge in [0.25, 0.3) is 0 Å². The number of rotatable bonds is 4. The summed E-state index contributed by atoms with van der Waals surface area (Å²) in [5, 5.41) is 11.4. The van der Waals surface area contributed by atoms with Crippen molar-refractivity contribution in [1.29, 1.82) is 0 Å². The highest BCUT2D eigenvalue weighted by atomic mass is 16.4. The molecule has 22 heavy (non-hydrogen) atoms. The molecular weight excluding hydrogens is 278 g/mol. The van der Waals surface area contributed by atoms with Gasteiger partial charge in [-0.05, 0) is 44.4 Å². The standard InChI is InChI=1S/C16H19N5O/c1-9-6-7-12-13(8-9)19-14(18-12)10(2)17-16-21-20-15(22-16)11-4-3-5-11/h6-8,10-11H,3-5H2,1-2H3,(H,17,21)(H,18,19)/t10-/m0/s1. The van der Waals surface area contributed by atoms with Crippen molar-refractivity contribution in [3.05, 3.63) is 35.5 Å². The van der Waals surface area contributed by atoms with E-state index in [9.17, 15) is 0 Å². The van der Waals surface area contributed by atoms with Crippen LogP contribution in [0.3, 0.4) is 0 Å². The van der Waals surface area contributed by atoms with Crippen molar-refractivity contribution >= 4 is 17.0 Å². The molecule has 3 aromatic rings. The van der Waals surface area contributed by atoms with E-state index in [0.717, 1.165) is 35.6 Å². The Bertz CT molecular complexity index is 802. The van der Waals surface area contributed by atoms with Gasteiger partial charge in [-0.25, -0.2) is 4.98 Å². The second-order valence-electron chi connectivity index (χ2n) is 6.08. The van der Waals surface area contributed by atoms with E-state index in [1.807, 2.05) is 13.0 Å². The molecule has 2 heterocycles. The highest BCUT2D eigenvalue weighted by molar-refractivity contribution is 5.75. The van der Waals surface area contributed by atoms with E-state index < -0.39 is 0 Å². The van der Waals surface area contributed by atoms with E-state index in [2.05, 4.69) is 44.5 Å². The molecule has 4 rings (SSSR count). The van der Waals surface area contributed by atoms with Crippen molar-refractivity contribution in [1.82, 2.24) is 20.2 Å². The number of benzene rings is 1. The van der Waals surface area contributed by atoms with Crippen LogP contribution in [0.5, 0.6) is 0 Å². The Hall–Kier alpha value is -2.37. The van der Waals surface area contributed by atoms with Gasteiger partial charge in [0.1, 0.15) is 5.82 Å². The molecule has 1 aliphatic rings. The summed E-state index contributed by atoms with van der Waals surface area (Å²) in [5.74, 6) is 2.07. The highest BCUT2D eigenvalue weighted by Crippen LogP contribution is 2.36. The maximum Gasteiger partial charge on any atom is 0.316 e. The molecule has 1 aromatic carbocycles. The van der Waals surface area contributed by atoms with Crippen molar-refractivity contribution < 1.29 is 4.42 Å². The first-order chi connectivity index (χ1) is 10.7. The van der Waals surface area contributed by atoms with Gasteiger partial charge >= 0.3 is 6.01 Å². The lowest BCUT2D eigenvalue weighted by Crippen LogP contribution is -2.09. The number of fused-ring (bicyclic) bond motifs is 1. The Kier molecular flexibility index (Phi) is 3.10. The number of imidazole rings is 1. The molecule has 114 valence electrons. The SMILES string of the molecule is Cc1ccc2nc([C@H](C)Nc3nnc(C4CCC4)o3)[nH]c2c1. The van der Waals surface area contributed by atoms with E-state index in [0.29, 0.717) is 11.9 Å². The first-order valence-corrected chi connectivity index (χ1v) is 7.75. The molecule has 2 aromatic heterocycles. The summed E-state index contributed by atoms with van der Waals surface area (Å²) in [5.41, 5.74) is 3.23. The monoisotopic (exact) mass is 297 g/mol. The summed E-state index contributed by atoms with van der Waals surface area (Å²) >= 11 is 0. The van der Waals surface area contributed by atoms with Crippen LogP contribution in [0, 0.1) is 6.92 Å². The summed E-state index contributed by atoms with van der Waals surface area (Å²) in [6.45, 7) is 4.10. The van der Waals surface area contributed by atoms with Gasteiger partial charge in [-0.1, -0.05) is 17.6 Å². The van der Waals surface area contributed by atoms with Gasteiger partial charge in [0.05, 0.1) is 17.1 Å². The summed E-state index contributed by atoms with van der Waals surface area (Å²) in [4.78, 5) is 7.96. The highest BCUT2D eigenvalue weighted by Gasteiger charge is 2.25. The lowest BCUT2D eigenvalue weighted by molar-refractivity contribution is 0.338. The molecule has 1 saturated carbocycles. The third-order valence-electron chi connectivity index (χ3n) is 4.30. The van der Waals surface area contributed by atoms with Crippen molar-refractivity contribution in [2.75, 3.05) is 5.32 Å². The van der Waals surface area contributed by atoms with Crippen LogP contribution in [0.4, 0.5) is 6.01 Å². The van der Waals surface area contributed by atoms with Crippen LogP contribution in [-0.4, -0.2) is 20.2 Å². The van der Waals surface area contributed by atoms with Crippen LogP contribution in [0.25, 0.3) is 11.0 Å². The predicted octanol–water partition coefficient (Wildman–Crippen LogP) is 3.69. The molecule has 0 spiro atoms. The summed E-state index contributed by atoms with van der Waals surface area (Å²) in [7, 11) is 0. The van der Waals surface area contributed by atoms with Crippen LogP contribution < -0.4 is 5.32 Å². The minimum absolute atomic E-state index is 0.0256. The van der Waals surface area contributed by atoms with Crippen LogP contribution in [0.15, 0.2) is 22.6 Å². The largest absolute Gasteiger partial charge is 0.408 e. The summed E-state index contributed by atoms with van der Waals surface area (Å²) in [6.07, 6.45) is 3.56. The molecule has 1 fully saturated rings. The third-order valence-corrected chi connectivity index (χ3v) is 4.30. The van der Waals surface area contributed by atoms with Crippen LogP contribution in [-0.2, 0) is 0 Å². The van der Waals surface area contributed by atoms with Crippen molar-refractivity contribution in [3.63, 3.8) is 0 Å². The quantitative estimate of drug-likeness (QED) is 0.767. The first kappa shape index (κ1) is 13.3. The number of aryl methyl sites for hydroxylation is 1. The zero-order valence-electron chi connectivity index (χ0n) is 12.8. The number of nitrogens with one attached hydrogen (secondary N) is 2. The Labute approximate surface area is 128 Å². The van der Waals surface area contributed by atoms with E-state index in [-0.39, 0.29) is 6.04 Å². The Morgan fingerprint density at radius 1 is 1.32 bits per heavy atom. The molecule has 6 heteroatoms. The topological polar surface area (TPSA) is 79.6 Å². The number of hydrogen-bond acceptors (Lipinski definition) is 5. The number of hydrogen-bond donors (Lipinski definition) is 2. The van der Waals surface area contributed by atoms with Gasteiger partial charge in [0.2, 0.25) is 5.89 Å². The zero-order valence-corrected chi connectivity index (χ0v) is 12.8. The number of nitrogens with zero attached hydrogens (tertiary/aromatic N) is 3. The second kappa shape index (κ2) is 5.12. The summed E-state index contributed by atoms with van der Waals surface area (Å²) in [6, 6.07) is 6.63. The molecule has 6 nitrogen and oxygen atoms in total. The normalized spacial score (nSPS) is 16.6. The molecule has 0 aliphatic heterocycles. The average Bonchev–Trinajstić information content (AvgIpc) is 3.03. The molecule has 0 radical (unpaired) electrons. The van der Waals surface area contributed by atoms with E-state index in [1.165, 1.54) is 12.0 Å². The van der Waals surface area contributed by atoms with Gasteiger partial charge in [0, 0.05) is 5.92 Å². The molecule has 0 unspecified atom stereocenters. The molecule has 0 saturated heterocycles. The minimum Gasteiger partial charge on any atom is -0.408 e. The van der Waals surface area contributed by atoms with Gasteiger partial charge < -0.3 is 14.7 Å². The molecule has 1 atom stereocenters. The zero-order chi connectivity index (χ0) is 15.1. The number of H-pyrrole nitrogens is 1. The van der Waals surface area contributed by atoms with Gasteiger partial charge in [-0.2, -0.15) is 0 Å². The van der Waals surface area contributed by atoms with Crippen LogP contribution in [0.1, 0.15) is 55.4 Å². The molecule has 2 N–H and O–H groups in total. The fourth-order valence-electron chi connectivity index (χ4n) is 2.71. The Morgan fingerprint density at radius 3 is 2.95 bits per heavy atom. The molecule has 0 amide bonds. The fourth-order valence-corrected chi connectivity index (χ4v) is 2.71. The molecule has 0 bridgehead atoms. The van der Waals surface area contributed by atoms with Crippen LogP contribution in [0.2, 0.25) is 0 Å².